The Morgan fingerprint density at radius 1 is 1.56 bits per heavy atom. The molecule has 0 amide bonds. The van der Waals surface area contributed by atoms with Gasteiger partial charge in [0.05, 0.1) is 16.6 Å². The summed E-state index contributed by atoms with van der Waals surface area (Å²) in [5.74, 6) is -0.714. The summed E-state index contributed by atoms with van der Waals surface area (Å²) in [6.07, 6.45) is 0. The molecule has 0 fully saturated rings. The van der Waals surface area contributed by atoms with E-state index in [4.69, 9.17) is 16.3 Å². The minimum atomic E-state index is -0.714. The maximum Gasteiger partial charge on any atom is 0.345 e. The molecule has 1 rings (SSSR count). The van der Waals surface area contributed by atoms with Crippen molar-refractivity contribution in [3.8, 4) is 0 Å². The second kappa shape index (κ2) is 4.94. The summed E-state index contributed by atoms with van der Waals surface area (Å²) in [7, 11) is 0. The predicted molar refractivity (Wildman–Crippen MR) is 58.8 cm³/mol. The van der Waals surface area contributed by atoms with Crippen LogP contribution < -0.4 is 0 Å². The van der Waals surface area contributed by atoms with E-state index in [0.29, 0.717) is 0 Å². The minimum absolute atomic E-state index is 0.0752. The standard InChI is InChI=1S/C10H10ClNO4/c1-3-16-10(13)7-4-5-8(11)6(2)9(7)12(14)15/h4-5H,3H2,1-2H3. The quantitative estimate of drug-likeness (QED) is 0.465. The van der Waals surface area contributed by atoms with Crippen LogP contribution in [0.15, 0.2) is 12.1 Å². The van der Waals surface area contributed by atoms with Crippen molar-refractivity contribution >= 4 is 23.3 Å². The van der Waals surface area contributed by atoms with Crippen molar-refractivity contribution in [3.05, 3.63) is 38.4 Å². The molecule has 0 saturated carbocycles. The summed E-state index contributed by atoms with van der Waals surface area (Å²) in [5, 5.41) is 11.1. The van der Waals surface area contributed by atoms with E-state index in [0.717, 1.165) is 0 Å². The molecule has 6 heteroatoms. The van der Waals surface area contributed by atoms with Gasteiger partial charge in [-0.1, -0.05) is 11.6 Å². The fourth-order valence-corrected chi connectivity index (χ4v) is 1.44. The highest BCUT2D eigenvalue weighted by Crippen LogP contribution is 2.29. The van der Waals surface area contributed by atoms with E-state index in [1.54, 1.807) is 6.92 Å². The summed E-state index contributed by atoms with van der Waals surface area (Å²) in [6.45, 7) is 3.29. The monoisotopic (exact) mass is 243 g/mol. The molecule has 0 atom stereocenters. The average molecular weight is 244 g/mol. The van der Waals surface area contributed by atoms with E-state index < -0.39 is 10.9 Å². The highest BCUT2D eigenvalue weighted by Gasteiger charge is 2.25. The molecule has 0 aliphatic heterocycles. The van der Waals surface area contributed by atoms with Gasteiger partial charge in [-0.3, -0.25) is 10.1 Å². The molecule has 0 aliphatic carbocycles. The molecule has 1 aromatic rings. The zero-order chi connectivity index (χ0) is 12.3. The molecule has 0 spiro atoms. The number of nitrogens with zero attached hydrogens (tertiary/aromatic N) is 1. The summed E-state index contributed by atoms with van der Waals surface area (Å²) >= 11 is 5.76. The Morgan fingerprint density at radius 2 is 2.19 bits per heavy atom. The van der Waals surface area contributed by atoms with Crippen molar-refractivity contribution < 1.29 is 14.5 Å². The van der Waals surface area contributed by atoms with Crippen LogP contribution in [0.1, 0.15) is 22.8 Å². The molecule has 1 aromatic carbocycles. The van der Waals surface area contributed by atoms with Gasteiger partial charge in [-0.25, -0.2) is 4.79 Å². The minimum Gasteiger partial charge on any atom is -0.462 e. The summed E-state index contributed by atoms with van der Waals surface area (Å²) < 4.78 is 4.73. The van der Waals surface area contributed by atoms with Gasteiger partial charge in [0.1, 0.15) is 5.56 Å². The van der Waals surface area contributed by atoms with Crippen molar-refractivity contribution in [1.82, 2.24) is 0 Å². The van der Waals surface area contributed by atoms with Gasteiger partial charge in [-0.05, 0) is 26.0 Å². The summed E-state index contributed by atoms with van der Waals surface area (Å²) in [5.41, 5.74) is -0.114. The third kappa shape index (κ3) is 2.30. The summed E-state index contributed by atoms with van der Waals surface area (Å²) in [4.78, 5) is 21.7. The van der Waals surface area contributed by atoms with Gasteiger partial charge in [0, 0.05) is 5.56 Å². The maximum absolute atomic E-state index is 11.5. The number of hydrogen-bond donors (Lipinski definition) is 0. The molecule has 0 heterocycles. The Kier molecular flexibility index (Phi) is 3.84. The highest BCUT2D eigenvalue weighted by atomic mass is 35.5. The molecule has 0 N–H and O–H groups in total. The lowest BCUT2D eigenvalue weighted by Crippen LogP contribution is -2.09. The largest absolute Gasteiger partial charge is 0.462 e. The van der Waals surface area contributed by atoms with Crippen LogP contribution in [0, 0.1) is 17.0 Å². The predicted octanol–water partition coefficient (Wildman–Crippen LogP) is 2.73. The Bertz CT molecular complexity index is 445. The lowest BCUT2D eigenvalue weighted by atomic mass is 10.1. The van der Waals surface area contributed by atoms with Gasteiger partial charge in [0.15, 0.2) is 0 Å². The molecular weight excluding hydrogens is 234 g/mol. The van der Waals surface area contributed by atoms with E-state index in [1.807, 2.05) is 0 Å². The number of ether oxygens (including phenoxy) is 1. The van der Waals surface area contributed by atoms with Crippen molar-refractivity contribution in [3.63, 3.8) is 0 Å². The first-order valence-electron chi connectivity index (χ1n) is 4.59. The van der Waals surface area contributed by atoms with Crippen molar-refractivity contribution in [1.29, 1.82) is 0 Å². The van der Waals surface area contributed by atoms with Crippen molar-refractivity contribution in [2.24, 2.45) is 0 Å². The van der Waals surface area contributed by atoms with E-state index in [-0.39, 0.29) is 28.4 Å². The number of carbonyl (C=O) groups excluding carboxylic acids is 1. The number of rotatable bonds is 3. The smallest absolute Gasteiger partial charge is 0.345 e. The normalized spacial score (nSPS) is 9.94. The Labute approximate surface area is 97.1 Å². The third-order valence-corrected chi connectivity index (χ3v) is 2.45. The Morgan fingerprint density at radius 3 is 2.69 bits per heavy atom. The third-order valence-electron chi connectivity index (χ3n) is 2.04. The number of nitro benzene ring substituents is 1. The van der Waals surface area contributed by atoms with E-state index >= 15 is 0 Å². The number of esters is 1. The number of halogens is 1. The number of hydrogen-bond acceptors (Lipinski definition) is 4. The number of carbonyl (C=O) groups is 1. The van der Waals surface area contributed by atoms with Crippen molar-refractivity contribution in [2.75, 3.05) is 6.61 Å². The van der Waals surface area contributed by atoms with Crippen LogP contribution in [0.25, 0.3) is 0 Å². The van der Waals surface area contributed by atoms with Gasteiger partial charge in [0.2, 0.25) is 0 Å². The SMILES string of the molecule is CCOC(=O)c1ccc(Cl)c(C)c1[N+](=O)[O-]. The molecular formula is C10H10ClNO4. The molecule has 0 radical (unpaired) electrons. The fraction of sp³-hybridized carbons (Fsp3) is 0.300. The fourth-order valence-electron chi connectivity index (χ4n) is 1.28. The second-order valence-electron chi connectivity index (χ2n) is 3.05. The lowest BCUT2D eigenvalue weighted by molar-refractivity contribution is -0.385. The molecule has 0 aliphatic rings. The molecule has 0 saturated heterocycles. The first-order valence-corrected chi connectivity index (χ1v) is 4.97. The molecule has 5 nitrogen and oxygen atoms in total. The number of benzene rings is 1. The van der Waals surface area contributed by atoms with Crippen LogP contribution in [-0.4, -0.2) is 17.5 Å². The van der Waals surface area contributed by atoms with E-state index in [9.17, 15) is 14.9 Å². The molecule has 16 heavy (non-hydrogen) atoms. The first-order chi connectivity index (χ1) is 7.49. The maximum atomic E-state index is 11.5. The van der Waals surface area contributed by atoms with Crippen molar-refractivity contribution in [2.45, 2.75) is 13.8 Å². The van der Waals surface area contributed by atoms with Gasteiger partial charge >= 0.3 is 5.97 Å². The van der Waals surface area contributed by atoms with E-state index in [2.05, 4.69) is 0 Å². The highest BCUT2D eigenvalue weighted by molar-refractivity contribution is 6.31. The van der Waals surface area contributed by atoms with Crippen LogP contribution >= 0.6 is 11.6 Å². The van der Waals surface area contributed by atoms with Crippen LogP contribution in [-0.2, 0) is 4.74 Å². The van der Waals surface area contributed by atoms with Gasteiger partial charge in [-0.15, -0.1) is 0 Å². The molecule has 0 unspecified atom stereocenters. The van der Waals surface area contributed by atoms with Crippen LogP contribution in [0.3, 0.4) is 0 Å². The lowest BCUT2D eigenvalue weighted by Gasteiger charge is -2.06. The first kappa shape index (κ1) is 12.4. The topological polar surface area (TPSA) is 69.4 Å². The van der Waals surface area contributed by atoms with Crippen LogP contribution in [0.5, 0.6) is 0 Å². The molecule has 0 aromatic heterocycles. The zero-order valence-electron chi connectivity index (χ0n) is 8.82. The Hall–Kier alpha value is -1.62. The zero-order valence-corrected chi connectivity index (χ0v) is 9.58. The van der Waals surface area contributed by atoms with E-state index in [1.165, 1.54) is 19.1 Å². The van der Waals surface area contributed by atoms with Gasteiger partial charge in [-0.2, -0.15) is 0 Å². The average Bonchev–Trinajstić information content (AvgIpc) is 2.21. The Balaban J connectivity index is 3.34. The molecule has 0 bridgehead atoms. The molecule has 86 valence electrons. The van der Waals surface area contributed by atoms with Gasteiger partial charge < -0.3 is 4.74 Å². The number of nitro groups is 1. The second-order valence-corrected chi connectivity index (χ2v) is 3.45. The summed E-state index contributed by atoms with van der Waals surface area (Å²) in [6, 6.07) is 2.74. The van der Waals surface area contributed by atoms with Crippen LogP contribution in [0.4, 0.5) is 5.69 Å². The van der Waals surface area contributed by atoms with Gasteiger partial charge in [0.25, 0.3) is 5.69 Å². The van der Waals surface area contributed by atoms with Crippen LogP contribution in [0.2, 0.25) is 5.02 Å².